The average Bonchev–Trinajstić information content (AvgIpc) is 2.24. The number of rotatable bonds is 6. The molecule has 1 aliphatic heterocycles. The van der Waals surface area contributed by atoms with Gasteiger partial charge >= 0.3 is 0 Å². The van der Waals surface area contributed by atoms with Gasteiger partial charge in [0.25, 0.3) is 0 Å². The highest BCUT2D eigenvalue weighted by Crippen LogP contribution is 2.02. The summed E-state index contributed by atoms with van der Waals surface area (Å²) in [6, 6.07) is 0. The van der Waals surface area contributed by atoms with Crippen LogP contribution in [0, 0.1) is 0 Å². The summed E-state index contributed by atoms with van der Waals surface area (Å²) in [5.74, 6) is 0.103. The minimum atomic E-state index is -3.17. The van der Waals surface area contributed by atoms with E-state index in [0.717, 1.165) is 13.1 Å². The highest BCUT2D eigenvalue weighted by molar-refractivity contribution is 7.89. The first-order valence-electron chi connectivity index (χ1n) is 5.45. The first-order chi connectivity index (χ1) is 7.53. The molecule has 1 unspecified atom stereocenters. The Kier molecular flexibility index (Phi) is 5.63. The van der Waals surface area contributed by atoms with Gasteiger partial charge in [0.05, 0.1) is 18.5 Å². The molecular formula is C9H21N3O3S. The Morgan fingerprint density at radius 1 is 1.50 bits per heavy atom. The van der Waals surface area contributed by atoms with E-state index in [4.69, 9.17) is 4.74 Å². The van der Waals surface area contributed by atoms with E-state index >= 15 is 0 Å². The molecule has 0 bridgehead atoms. The normalized spacial score (nSPS) is 23.5. The Hall–Kier alpha value is -0.210. The first-order valence-corrected chi connectivity index (χ1v) is 7.11. The first kappa shape index (κ1) is 13.9. The maximum Gasteiger partial charge on any atom is 0.212 e. The molecule has 0 aliphatic carbocycles. The predicted octanol–water partition coefficient (Wildman–Crippen LogP) is -1.54. The van der Waals surface area contributed by atoms with Crippen LogP contribution in [0.15, 0.2) is 0 Å². The maximum atomic E-state index is 11.5. The van der Waals surface area contributed by atoms with E-state index in [0.29, 0.717) is 19.7 Å². The second-order valence-electron chi connectivity index (χ2n) is 4.03. The molecular weight excluding hydrogens is 230 g/mol. The smallest absolute Gasteiger partial charge is 0.212 e. The van der Waals surface area contributed by atoms with Crippen molar-refractivity contribution in [3.63, 3.8) is 0 Å². The summed E-state index contributed by atoms with van der Waals surface area (Å²) >= 11 is 0. The highest BCUT2D eigenvalue weighted by atomic mass is 32.2. The Bertz CT molecular complexity index is 294. The lowest BCUT2D eigenvalue weighted by Gasteiger charge is -2.30. The zero-order chi connectivity index (χ0) is 12.0. The molecule has 1 atom stereocenters. The fraction of sp³-hybridized carbons (Fsp3) is 1.00. The molecule has 0 amide bonds. The number of hydrogen-bond donors (Lipinski definition) is 2. The Morgan fingerprint density at radius 3 is 2.88 bits per heavy atom. The van der Waals surface area contributed by atoms with Crippen molar-refractivity contribution in [2.75, 3.05) is 52.6 Å². The highest BCUT2D eigenvalue weighted by Gasteiger charge is 2.19. The van der Waals surface area contributed by atoms with Gasteiger partial charge in [-0.3, -0.25) is 0 Å². The summed E-state index contributed by atoms with van der Waals surface area (Å²) in [7, 11) is 0.564. The van der Waals surface area contributed by atoms with Gasteiger partial charge in [-0.25, -0.2) is 13.1 Å². The largest absolute Gasteiger partial charge is 0.374 e. The Morgan fingerprint density at radius 2 is 2.25 bits per heavy atom. The summed E-state index contributed by atoms with van der Waals surface area (Å²) < 4.78 is 31.0. The number of nitrogens with zero attached hydrogens (tertiary/aromatic N) is 1. The lowest BCUT2D eigenvalue weighted by atomic mass is 10.3. The third-order valence-corrected chi connectivity index (χ3v) is 3.84. The van der Waals surface area contributed by atoms with Crippen LogP contribution in [-0.4, -0.2) is 72.1 Å². The van der Waals surface area contributed by atoms with E-state index < -0.39 is 10.0 Å². The standard InChI is InChI=1S/C9H21N3O3S/c1-10-3-6-16(13,14)11-7-9-8-12(2)4-5-15-9/h9-11H,3-8H2,1-2H3. The van der Waals surface area contributed by atoms with Gasteiger partial charge in [-0.2, -0.15) is 0 Å². The molecule has 0 radical (unpaired) electrons. The van der Waals surface area contributed by atoms with Crippen LogP contribution < -0.4 is 10.0 Å². The lowest BCUT2D eigenvalue weighted by molar-refractivity contribution is -0.0156. The van der Waals surface area contributed by atoms with Crippen LogP contribution in [0.3, 0.4) is 0 Å². The van der Waals surface area contributed by atoms with Crippen molar-refractivity contribution in [2.24, 2.45) is 0 Å². The Balaban J connectivity index is 2.27. The van der Waals surface area contributed by atoms with Crippen molar-refractivity contribution in [1.82, 2.24) is 14.9 Å². The minimum Gasteiger partial charge on any atom is -0.374 e. The molecule has 0 saturated carbocycles. The van der Waals surface area contributed by atoms with Crippen LogP contribution >= 0.6 is 0 Å². The summed E-state index contributed by atoms with van der Waals surface area (Å²) in [4.78, 5) is 2.13. The summed E-state index contributed by atoms with van der Waals surface area (Å²) in [5.41, 5.74) is 0. The predicted molar refractivity (Wildman–Crippen MR) is 63.0 cm³/mol. The van der Waals surface area contributed by atoms with Crippen LogP contribution in [0.1, 0.15) is 0 Å². The van der Waals surface area contributed by atoms with Crippen molar-refractivity contribution < 1.29 is 13.2 Å². The molecule has 16 heavy (non-hydrogen) atoms. The molecule has 0 spiro atoms. The van der Waals surface area contributed by atoms with E-state index in [2.05, 4.69) is 14.9 Å². The SMILES string of the molecule is CNCCS(=O)(=O)NCC1CN(C)CCO1. The third-order valence-electron chi connectivity index (χ3n) is 2.49. The minimum absolute atomic E-state index is 0.0388. The molecule has 1 rings (SSSR count). The monoisotopic (exact) mass is 251 g/mol. The van der Waals surface area contributed by atoms with Gasteiger partial charge in [-0.1, -0.05) is 0 Å². The van der Waals surface area contributed by atoms with Crippen LogP contribution in [0.2, 0.25) is 0 Å². The fourth-order valence-electron chi connectivity index (χ4n) is 1.52. The third kappa shape index (κ3) is 5.22. The van der Waals surface area contributed by atoms with Crippen LogP contribution in [0.5, 0.6) is 0 Å². The molecule has 1 fully saturated rings. The van der Waals surface area contributed by atoms with E-state index in [1.165, 1.54) is 0 Å². The summed E-state index contributed by atoms with van der Waals surface area (Å²) in [6.45, 7) is 3.16. The summed E-state index contributed by atoms with van der Waals surface area (Å²) in [6.07, 6.45) is -0.0388. The number of nitrogens with one attached hydrogen (secondary N) is 2. The second-order valence-corrected chi connectivity index (χ2v) is 5.95. The zero-order valence-electron chi connectivity index (χ0n) is 9.90. The zero-order valence-corrected chi connectivity index (χ0v) is 10.7. The van der Waals surface area contributed by atoms with E-state index in [1.54, 1.807) is 7.05 Å². The van der Waals surface area contributed by atoms with Crippen LogP contribution in [0.4, 0.5) is 0 Å². The van der Waals surface area contributed by atoms with Gasteiger partial charge in [0.1, 0.15) is 0 Å². The van der Waals surface area contributed by atoms with E-state index in [9.17, 15) is 8.42 Å². The van der Waals surface area contributed by atoms with Crippen molar-refractivity contribution in [3.05, 3.63) is 0 Å². The van der Waals surface area contributed by atoms with Crippen LogP contribution in [0.25, 0.3) is 0 Å². The van der Waals surface area contributed by atoms with Gasteiger partial charge < -0.3 is 15.0 Å². The van der Waals surface area contributed by atoms with Crippen molar-refractivity contribution in [2.45, 2.75) is 6.10 Å². The lowest BCUT2D eigenvalue weighted by Crippen LogP contribution is -2.46. The molecule has 96 valence electrons. The van der Waals surface area contributed by atoms with Crippen molar-refractivity contribution in [1.29, 1.82) is 0 Å². The molecule has 1 saturated heterocycles. The van der Waals surface area contributed by atoms with E-state index in [1.807, 2.05) is 7.05 Å². The maximum absolute atomic E-state index is 11.5. The molecule has 1 aliphatic rings. The molecule has 0 aromatic carbocycles. The molecule has 7 heteroatoms. The summed E-state index contributed by atoms with van der Waals surface area (Å²) in [5, 5.41) is 2.81. The van der Waals surface area contributed by atoms with Crippen LogP contribution in [-0.2, 0) is 14.8 Å². The van der Waals surface area contributed by atoms with Gasteiger partial charge in [-0.15, -0.1) is 0 Å². The second kappa shape index (κ2) is 6.51. The number of sulfonamides is 1. The number of morpholine rings is 1. The molecule has 0 aromatic rings. The number of ether oxygens (including phenoxy) is 1. The molecule has 2 N–H and O–H groups in total. The quantitative estimate of drug-likeness (QED) is 0.598. The van der Waals surface area contributed by atoms with Gasteiger partial charge in [-0.05, 0) is 14.1 Å². The van der Waals surface area contributed by atoms with Gasteiger partial charge in [0.15, 0.2) is 0 Å². The number of likely N-dealkylation sites (N-methyl/N-ethyl adjacent to an activating group) is 1. The van der Waals surface area contributed by atoms with Gasteiger partial charge in [0, 0.05) is 26.2 Å². The van der Waals surface area contributed by atoms with Gasteiger partial charge in [0.2, 0.25) is 10.0 Å². The topological polar surface area (TPSA) is 70.7 Å². The molecule has 0 aromatic heterocycles. The average molecular weight is 251 g/mol. The Labute approximate surface area is 97.4 Å². The molecule has 6 nitrogen and oxygen atoms in total. The van der Waals surface area contributed by atoms with Crippen molar-refractivity contribution >= 4 is 10.0 Å². The van der Waals surface area contributed by atoms with Crippen molar-refractivity contribution in [3.8, 4) is 0 Å². The number of hydrogen-bond acceptors (Lipinski definition) is 5. The fourth-order valence-corrected chi connectivity index (χ4v) is 2.58. The van der Waals surface area contributed by atoms with E-state index in [-0.39, 0.29) is 11.9 Å². The molecule has 1 heterocycles.